The van der Waals surface area contributed by atoms with Gasteiger partial charge in [-0.15, -0.1) is 11.8 Å². The first kappa shape index (κ1) is 11.0. The van der Waals surface area contributed by atoms with Crippen molar-refractivity contribution in [3.8, 4) is 0 Å². The van der Waals surface area contributed by atoms with Crippen molar-refractivity contribution < 1.29 is 9.59 Å². The molecule has 5 heteroatoms. The van der Waals surface area contributed by atoms with Gasteiger partial charge < -0.3 is 11.1 Å². The molecule has 2 rings (SSSR count). The molecule has 0 fully saturated rings. The second kappa shape index (κ2) is 4.17. The lowest BCUT2D eigenvalue weighted by Crippen LogP contribution is -2.15. The van der Waals surface area contributed by atoms with Crippen LogP contribution in [0.5, 0.6) is 0 Å². The number of Topliss-reactive ketones (excluding diaryl/α,β-unsaturated/α-hetero) is 1. The zero-order valence-electron chi connectivity index (χ0n) is 8.87. The normalized spacial score (nSPS) is 14.4. The fourth-order valence-corrected chi connectivity index (χ4v) is 2.84. The lowest BCUT2D eigenvalue weighted by Gasteiger charge is -2.19. The monoisotopic (exact) mass is 236 g/mol. The van der Waals surface area contributed by atoms with Crippen molar-refractivity contribution >= 4 is 34.8 Å². The van der Waals surface area contributed by atoms with E-state index in [9.17, 15) is 9.59 Å². The minimum atomic E-state index is -0.148. The van der Waals surface area contributed by atoms with Gasteiger partial charge in [0.2, 0.25) is 5.91 Å². The Morgan fingerprint density at radius 3 is 2.94 bits per heavy atom. The number of thioether (sulfide) groups is 1. The number of hydrogen-bond donors (Lipinski definition) is 2. The number of ketones is 1. The Bertz CT molecular complexity index is 471. The van der Waals surface area contributed by atoms with Gasteiger partial charge in [-0.2, -0.15) is 0 Å². The Balaban J connectivity index is 2.53. The molecular weight excluding hydrogens is 224 g/mol. The van der Waals surface area contributed by atoms with Crippen molar-refractivity contribution in [2.75, 3.05) is 16.8 Å². The molecule has 4 nitrogen and oxygen atoms in total. The maximum atomic E-state index is 11.7. The minimum Gasteiger partial charge on any atom is -0.398 e. The molecule has 0 unspecified atom stereocenters. The lowest BCUT2D eigenvalue weighted by atomic mass is 10.0. The van der Waals surface area contributed by atoms with Gasteiger partial charge >= 0.3 is 0 Å². The Kier molecular flexibility index (Phi) is 2.87. The highest BCUT2D eigenvalue weighted by atomic mass is 32.2. The smallest absolute Gasteiger partial charge is 0.221 e. The summed E-state index contributed by atoms with van der Waals surface area (Å²) in [4.78, 5) is 23.6. The number of fused-ring (bicyclic) bond motifs is 1. The summed E-state index contributed by atoms with van der Waals surface area (Å²) in [5.74, 6) is 0.644. The molecular formula is C11H12N2O2S. The zero-order valence-corrected chi connectivity index (χ0v) is 9.69. The Morgan fingerprint density at radius 1 is 1.50 bits per heavy atom. The number of amides is 1. The van der Waals surface area contributed by atoms with Crippen LogP contribution in [0.25, 0.3) is 0 Å². The number of nitrogens with one attached hydrogen (secondary N) is 1. The predicted molar refractivity (Wildman–Crippen MR) is 64.8 cm³/mol. The van der Waals surface area contributed by atoms with E-state index < -0.39 is 0 Å². The highest BCUT2D eigenvalue weighted by Crippen LogP contribution is 2.39. The molecule has 0 saturated carbocycles. The first-order valence-electron chi connectivity index (χ1n) is 4.95. The third kappa shape index (κ3) is 1.90. The van der Waals surface area contributed by atoms with Crippen LogP contribution in [0, 0.1) is 0 Å². The largest absolute Gasteiger partial charge is 0.398 e. The summed E-state index contributed by atoms with van der Waals surface area (Å²) < 4.78 is 0. The SMILES string of the molecule is CC(=O)Nc1ccc(N)c2c1SCCC2=O. The Morgan fingerprint density at radius 2 is 2.25 bits per heavy atom. The van der Waals surface area contributed by atoms with Gasteiger partial charge in [-0.25, -0.2) is 0 Å². The highest BCUT2D eigenvalue weighted by Gasteiger charge is 2.23. The second-order valence-corrected chi connectivity index (χ2v) is 4.71. The molecule has 1 aliphatic heterocycles. The quantitative estimate of drug-likeness (QED) is 0.730. The van der Waals surface area contributed by atoms with Gasteiger partial charge in [0.25, 0.3) is 0 Å². The van der Waals surface area contributed by atoms with Crippen molar-refractivity contribution in [3.05, 3.63) is 17.7 Å². The standard InChI is InChI=1S/C11H12N2O2S/c1-6(14)13-8-3-2-7(12)10-9(15)4-5-16-11(8)10/h2-3H,4-5,12H2,1H3,(H,13,14). The fourth-order valence-electron chi connectivity index (χ4n) is 1.69. The summed E-state index contributed by atoms with van der Waals surface area (Å²) in [6, 6.07) is 3.40. The summed E-state index contributed by atoms with van der Waals surface area (Å²) in [5, 5.41) is 2.71. The first-order chi connectivity index (χ1) is 7.59. The summed E-state index contributed by atoms with van der Waals surface area (Å²) in [7, 11) is 0. The van der Waals surface area contributed by atoms with Crippen LogP contribution >= 0.6 is 11.8 Å². The number of hydrogen-bond acceptors (Lipinski definition) is 4. The molecule has 0 spiro atoms. The molecule has 0 radical (unpaired) electrons. The van der Waals surface area contributed by atoms with Gasteiger partial charge in [0, 0.05) is 29.7 Å². The van der Waals surface area contributed by atoms with E-state index in [0.29, 0.717) is 23.4 Å². The summed E-state index contributed by atoms with van der Waals surface area (Å²) >= 11 is 1.56. The van der Waals surface area contributed by atoms with E-state index in [0.717, 1.165) is 10.6 Å². The zero-order chi connectivity index (χ0) is 11.7. The van der Waals surface area contributed by atoms with Gasteiger partial charge in [0.15, 0.2) is 5.78 Å². The van der Waals surface area contributed by atoms with Crippen LogP contribution in [0.4, 0.5) is 11.4 Å². The van der Waals surface area contributed by atoms with Gasteiger partial charge in [-0.1, -0.05) is 0 Å². The molecule has 0 aliphatic carbocycles. The lowest BCUT2D eigenvalue weighted by molar-refractivity contribution is -0.114. The van der Waals surface area contributed by atoms with Crippen molar-refractivity contribution in [3.63, 3.8) is 0 Å². The molecule has 1 aliphatic rings. The molecule has 1 amide bonds. The number of rotatable bonds is 1. The molecule has 0 aromatic heterocycles. The number of anilines is 2. The summed E-state index contributed by atoms with van der Waals surface area (Å²) in [6.07, 6.45) is 0.505. The first-order valence-corrected chi connectivity index (χ1v) is 5.94. The molecule has 1 heterocycles. The van der Waals surface area contributed by atoms with Crippen molar-refractivity contribution in [1.29, 1.82) is 0 Å². The topological polar surface area (TPSA) is 72.2 Å². The highest BCUT2D eigenvalue weighted by molar-refractivity contribution is 7.99. The molecule has 3 N–H and O–H groups in total. The number of carbonyl (C=O) groups is 2. The average Bonchev–Trinajstić information content (AvgIpc) is 2.22. The summed E-state index contributed by atoms with van der Waals surface area (Å²) in [5.41, 5.74) is 7.51. The maximum absolute atomic E-state index is 11.7. The van der Waals surface area contributed by atoms with Crippen LogP contribution in [-0.2, 0) is 4.79 Å². The third-order valence-corrected chi connectivity index (χ3v) is 3.48. The van der Waals surface area contributed by atoms with Gasteiger partial charge in [-0.05, 0) is 12.1 Å². The minimum absolute atomic E-state index is 0.0541. The van der Waals surface area contributed by atoms with E-state index in [1.54, 1.807) is 23.9 Å². The van der Waals surface area contributed by atoms with E-state index in [1.165, 1.54) is 6.92 Å². The van der Waals surface area contributed by atoms with Crippen molar-refractivity contribution in [2.45, 2.75) is 18.2 Å². The van der Waals surface area contributed by atoms with Crippen molar-refractivity contribution in [2.24, 2.45) is 0 Å². The summed E-state index contributed by atoms with van der Waals surface area (Å²) in [6.45, 7) is 1.44. The van der Waals surface area contributed by atoms with Gasteiger partial charge in [0.05, 0.1) is 11.3 Å². The third-order valence-electron chi connectivity index (χ3n) is 2.35. The molecule has 84 valence electrons. The molecule has 0 bridgehead atoms. The number of benzene rings is 1. The van der Waals surface area contributed by atoms with E-state index in [2.05, 4.69) is 5.32 Å². The van der Waals surface area contributed by atoms with Gasteiger partial charge in [0.1, 0.15) is 0 Å². The fraction of sp³-hybridized carbons (Fsp3) is 0.273. The van der Waals surface area contributed by atoms with Crippen LogP contribution in [-0.4, -0.2) is 17.4 Å². The molecule has 1 aromatic rings. The van der Waals surface area contributed by atoms with Crippen LogP contribution in [0.2, 0.25) is 0 Å². The molecule has 1 aromatic carbocycles. The molecule has 0 saturated heterocycles. The predicted octanol–water partition coefficient (Wildman–Crippen LogP) is 1.91. The van der Waals surface area contributed by atoms with E-state index >= 15 is 0 Å². The van der Waals surface area contributed by atoms with E-state index in [4.69, 9.17) is 5.73 Å². The number of carbonyl (C=O) groups excluding carboxylic acids is 2. The number of nitrogen functional groups attached to an aromatic ring is 1. The van der Waals surface area contributed by atoms with Crippen LogP contribution < -0.4 is 11.1 Å². The average molecular weight is 236 g/mol. The molecule has 0 atom stereocenters. The Labute approximate surface area is 97.6 Å². The molecule has 16 heavy (non-hydrogen) atoms. The second-order valence-electron chi connectivity index (χ2n) is 3.61. The van der Waals surface area contributed by atoms with E-state index in [1.807, 2.05) is 0 Å². The van der Waals surface area contributed by atoms with Crippen LogP contribution in [0.1, 0.15) is 23.7 Å². The van der Waals surface area contributed by atoms with Crippen LogP contribution in [0.3, 0.4) is 0 Å². The van der Waals surface area contributed by atoms with Crippen LogP contribution in [0.15, 0.2) is 17.0 Å². The number of nitrogens with two attached hydrogens (primary N) is 1. The van der Waals surface area contributed by atoms with E-state index in [-0.39, 0.29) is 11.7 Å². The Hall–Kier alpha value is -1.49. The van der Waals surface area contributed by atoms with Gasteiger partial charge in [-0.3, -0.25) is 9.59 Å². The maximum Gasteiger partial charge on any atom is 0.221 e. The van der Waals surface area contributed by atoms with Crippen molar-refractivity contribution in [1.82, 2.24) is 0 Å².